The molecule has 1 aromatic carbocycles. The minimum absolute atomic E-state index is 0.0999. The van der Waals surface area contributed by atoms with Crippen molar-refractivity contribution in [1.29, 1.82) is 0 Å². The smallest absolute Gasteiger partial charge is 0.252 e. The van der Waals surface area contributed by atoms with Gasteiger partial charge in [-0.15, -0.1) is 0 Å². The Morgan fingerprint density at radius 3 is 2.94 bits per heavy atom. The van der Waals surface area contributed by atoms with Crippen molar-refractivity contribution in [2.24, 2.45) is 0 Å². The van der Waals surface area contributed by atoms with Crippen LogP contribution in [-0.2, 0) is 0 Å². The van der Waals surface area contributed by atoms with E-state index in [0.717, 1.165) is 17.3 Å². The highest BCUT2D eigenvalue weighted by Gasteiger charge is 2.10. The van der Waals surface area contributed by atoms with E-state index < -0.39 is 0 Å². The van der Waals surface area contributed by atoms with Crippen LogP contribution in [0.25, 0.3) is 10.9 Å². The van der Waals surface area contributed by atoms with E-state index in [2.05, 4.69) is 10.3 Å². The summed E-state index contributed by atoms with van der Waals surface area (Å²) in [4.78, 5) is 16.2. The molecule has 0 radical (unpaired) electrons. The predicted octanol–water partition coefficient (Wildman–Crippen LogP) is 1.96. The summed E-state index contributed by atoms with van der Waals surface area (Å²) >= 11 is 0. The van der Waals surface area contributed by atoms with Crippen molar-refractivity contribution in [1.82, 2.24) is 10.3 Å². The number of para-hydroxylation sites is 1. The Bertz CT molecular complexity index is 551. The minimum Gasteiger partial charge on any atom is -0.384 e. The van der Waals surface area contributed by atoms with Gasteiger partial charge in [-0.25, -0.2) is 4.98 Å². The van der Waals surface area contributed by atoms with E-state index in [0.29, 0.717) is 17.9 Å². The number of anilines is 1. The van der Waals surface area contributed by atoms with Gasteiger partial charge in [-0.2, -0.15) is 0 Å². The molecule has 88 valence electrons. The number of fused-ring (bicyclic) bond motifs is 1. The first-order valence-corrected chi connectivity index (χ1v) is 5.66. The van der Waals surface area contributed by atoms with Crippen molar-refractivity contribution >= 4 is 22.6 Å². The topological polar surface area (TPSA) is 68.0 Å². The van der Waals surface area contributed by atoms with Gasteiger partial charge >= 0.3 is 0 Å². The maximum atomic E-state index is 12.0. The molecule has 0 spiro atoms. The number of benzene rings is 1. The molecule has 3 N–H and O–H groups in total. The van der Waals surface area contributed by atoms with Crippen LogP contribution in [-0.4, -0.2) is 17.4 Å². The Morgan fingerprint density at radius 1 is 1.41 bits per heavy atom. The zero-order valence-electron chi connectivity index (χ0n) is 9.73. The number of nitrogen functional groups attached to an aromatic ring is 1. The van der Waals surface area contributed by atoms with E-state index in [9.17, 15) is 4.79 Å². The van der Waals surface area contributed by atoms with Crippen LogP contribution in [0.4, 0.5) is 5.82 Å². The third-order valence-corrected chi connectivity index (χ3v) is 2.52. The van der Waals surface area contributed by atoms with Crippen molar-refractivity contribution in [2.75, 3.05) is 12.3 Å². The van der Waals surface area contributed by atoms with Gasteiger partial charge in [0.1, 0.15) is 5.82 Å². The molecule has 0 atom stereocenters. The first-order valence-electron chi connectivity index (χ1n) is 5.66. The molecule has 0 fully saturated rings. The molecule has 0 aliphatic rings. The van der Waals surface area contributed by atoms with Gasteiger partial charge < -0.3 is 11.1 Å². The summed E-state index contributed by atoms with van der Waals surface area (Å²) in [5, 5.41) is 3.67. The fourth-order valence-electron chi connectivity index (χ4n) is 1.72. The minimum atomic E-state index is -0.0999. The van der Waals surface area contributed by atoms with Crippen LogP contribution in [0.15, 0.2) is 30.3 Å². The monoisotopic (exact) mass is 229 g/mol. The second-order valence-corrected chi connectivity index (χ2v) is 3.87. The Balaban J connectivity index is 2.48. The van der Waals surface area contributed by atoms with Gasteiger partial charge in [0.15, 0.2) is 0 Å². The second-order valence-electron chi connectivity index (χ2n) is 3.87. The van der Waals surface area contributed by atoms with Gasteiger partial charge in [-0.1, -0.05) is 25.1 Å². The number of hydrogen-bond acceptors (Lipinski definition) is 3. The van der Waals surface area contributed by atoms with Gasteiger partial charge in [0.2, 0.25) is 0 Å². The third kappa shape index (κ3) is 2.36. The molecule has 1 aromatic heterocycles. The van der Waals surface area contributed by atoms with E-state index >= 15 is 0 Å². The largest absolute Gasteiger partial charge is 0.384 e. The molecule has 17 heavy (non-hydrogen) atoms. The molecule has 2 aromatic rings. The quantitative estimate of drug-likeness (QED) is 0.845. The molecule has 0 aliphatic carbocycles. The van der Waals surface area contributed by atoms with Crippen molar-refractivity contribution in [3.63, 3.8) is 0 Å². The zero-order chi connectivity index (χ0) is 12.3. The zero-order valence-corrected chi connectivity index (χ0v) is 9.73. The average Bonchev–Trinajstić information content (AvgIpc) is 2.34. The molecule has 0 bridgehead atoms. The summed E-state index contributed by atoms with van der Waals surface area (Å²) in [6.45, 7) is 2.68. The molecule has 0 saturated heterocycles. The number of hydrogen-bond donors (Lipinski definition) is 2. The number of aromatic nitrogens is 1. The Morgan fingerprint density at radius 2 is 2.18 bits per heavy atom. The highest BCUT2D eigenvalue weighted by molar-refractivity contribution is 6.06. The lowest BCUT2D eigenvalue weighted by Gasteiger charge is -2.07. The van der Waals surface area contributed by atoms with Crippen LogP contribution < -0.4 is 11.1 Å². The summed E-state index contributed by atoms with van der Waals surface area (Å²) in [5.41, 5.74) is 7.03. The molecule has 0 aliphatic heterocycles. The lowest BCUT2D eigenvalue weighted by molar-refractivity contribution is 0.0955. The first-order chi connectivity index (χ1) is 8.22. The average molecular weight is 229 g/mol. The van der Waals surface area contributed by atoms with Crippen molar-refractivity contribution in [3.8, 4) is 0 Å². The summed E-state index contributed by atoms with van der Waals surface area (Å²) in [6, 6.07) is 9.11. The SMILES string of the molecule is CCCNC(=O)c1cc(N)nc2ccccc12. The van der Waals surface area contributed by atoms with Crippen LogP contribution in [0.1, 0.15) is 23.7 Å². The second kappa shape index (κ2) is 4.82. The maximum Gasteiger partial charge on any atom is 0.252 e. The van der Waals surface area contributed by atoms with Gasteiger partial charge in [-0.3, -0.25) is 4.79 Å². The molecule has 4 heteroatoms. The first kappa shape index (κ1) is 11.4. The van der Waals surface area contributed by atoms with Gasteiger partial charge in [0, 0.05) is 11.9 Å². The van der Waals surface area contributed by atoms with E-state index in [1.54, 1.807) is 6.07 Å². The summed E-state index contributed by atoms with van der Waals surface area (Å²) in [5.74, 6) is 0.266. The summed E-state index contributed by atoms with van der Waals surface area (Å²) in [7, 11) is 0. The van der Waals surface area contributed by atoms with Crippen molar-refractivity contribution in [2.45, 2.75) is 13.3 Å². The molecule has 2 rings (SSSR count). The van der Waals surface area contributed by atoms with Gasteiger partial charge in [0.25, 0.3) is 5.91 Å². The number of nitrogens with two attached hydrogens (primary N) is 1. The molecule has 1 heterocycles. The van der Waals surface area contributed by atoms with E-state index in [1.165, 1.54) is 0 Å². The fraction of sp³-hybridized carbons (Fsp3) is 0.231. The molecular formula is C13H15N3O. The standard InChI is InChI=1S/C13H15N3O/c1-2-7-15-13(17)10-8-12(14)16-11-6-4-3-5-9(10)11/h3-6,8H,2,7H2,1H3,(H2,14,16)(H,15,17). The molecule has 0 unspecified atom stereocenters. The third-order valence-electron chi connectivity index (χ3n) is 2.52. The van der Waals surface area contributed by atoms with Crippen LogP contribution in [0.2, 0.25) is 0 Å². The number of carbonyl (C=O) groups is 1. The van der Waals surface area contributed by atoms with Crippen molar-refractivity contribution < 1.29 is 4.79 Å². The number of pyridine rings is 1. The van der Waals surface area contributed by atoms with Crippen molar-refractivity contribution in [3.05, 3.63) is 35.9 Å². The molecular weight excluding hydrogens is 214 g/mol. The number of amides is 1. The number of nitrogens with one attached hydrogen (secondary N) is 1. The number of nitrogens with zero attached hydrogens (tertiary/aromatic N) is 1. The van der Waals surface area contributed by atoms with Crippen LogP contribution in [0, 0.1) is 0 Å². The van der Waals surface area contributed by atoms with E-state index in [-0.39, 0.29) is 5.91 Å². The number of carbonyl (C=O) groups excluding carboxylic acids is 1. The molecule has 4 nitrogen and oxygen atoms in total. The fourth-order valence-corrected chi connectivity index (χ4v) is 1.72. The lowest BCUT2D eigenvalue weighted by Crippen LogP contribution is -2.24. The summed E-state index contributed by atoms with van der Waals surface area (Å²) in [6.07, 6.45) is 0.907. The summed E-state index contributed by atoms with van der Waals surface area (Å²) < 4.78 is 0. The molecule has 1 amide bonds. The lowest BCUT2D eigenvalue weighted by atomic mass is 10.1. The highest BCUT2D eigenvalue weighted by atomic mass is 16.1. The van der Waals surface area contributed by atoms with E-state index in [1.807, 2.05) is 31.2 Å². The van der Waals surface area contributed by atoms with Gasteiger partial charge in [-0.05, 0) is 18.6 Å². The van der Waals surface area contributed by atoms with E-state index in [4.69, 9.17) is 5.73 Å². The van der Waals surface area contributed by atoms with Gasteiger partial charge in [0.05, 0.1) is 11.1 Å². The number of rotatable bonds is 3. The maximum absolute atomic E-state index is 12.0. The Hall–Kier alpha value is -2.10. The predicted molar refractivity (Wildman–Crippen MR) is 68.8 cm³/mol. The highest BCUT2D eigenvalue weighted by Crippen LogP contribution is 2.19. The van der Waals surface area contributed by atoms with Crippen LogP contribution >= 0.6 is 0 Å². The van der Waals surface area contributed by atoms with Crippen LogP contribution in [0.5, 0.6) is 0 Å². The van der Waals surface area contributed by atoms with Crippen LogP contribution in [0.3, 0.4) is 0 Å². The normalized spacial score (nSPS) is 10.4. The molecule has 0 saturated carbocycles. The Kier molecular flexibility index (Phi) is 3.23. The Labute approximate surface area is 99.8 Å².